The normalized spacial score (nSPS) is 19.9. The summed E-state index contributed by atoms with van der Waals surface area (Å²) < 4.78 is 0. The van der Waals surface area contributed by atoms with E-state index in [1.54, 1.807) is 4.90 Å². The summed E-state index contributed by atoms with van der Waals surface area (Å²) in [5, 5.41) is 8.55. The van der Waals surface area contributed by atoms with Crippen LogP contribution in [0.15, 0.2) is 24.3 Å². The molecule has 2 N–H and O–H groups in total. The Morgan fingerprint density at radius 2 is 2.12 bits per heavy atom. The molecule has 1 aromatic rings. The molecule has 0 bridgehead atoms. The van der Waals surface area contributed by atoms with Crippen molar-refractivity contribution in [2.45, 2.75) is 18.9 Å². The lowest BCUT2D eigenvalue weighted by atomic mass is 10.1. The van der Waals surface area contributed by atoms with Crippen molar-refractivity contribution in [1.82, 2.24) is 0 Å². The second-order valence-electron chi connectivity index (χ2n) is 3.89. The highest BCUT2D eigenvalue weighted by Gasteiger charge is 2.29. The summed E-state index contributed by atoms with van der Waals surface area (Å²) in [5.74, 6) is -0.0203. The first kappa shape index (κ1) is 10.7. The smallest absolute Gasteiger partial charge is 0.243 e. The quantitative estimate of drug-likeness (QED) is 0.793. The summed E-state index contributed by atoms with van der Waals surface area (Å²) in [6.45, 7) is 0.678. The van der Waals surface area contributed by atoms with Gasteiger partial charge in [0, 0.05) is 12.2 Å². The first-order chi connectivity index (χ1) is 7.72. The van der Waals surface area contributed by atoms with Gasteiger partial charge in [-0.1, -0.05) is 12.1 Å². The maximum Gasteiger partial charge on any atom is 0.243 e. The summed E-state index contributed by atoms with van der Waals surface area (Å²) in [7, 11) is 0. The first-order valence-corrected chi connectivity index (χ1v) is 5.25. The zero-order valence-corrected chi connectivity index (χ0v) is 8.89. The molecule has 0 radical (unpaired) electrons. The van der Waals surface area contributed by atoms with Gasteiger partial charge in [0.15, 0.2) is 0 Å². The summed E-state index contributed by atoms with van der Waals surface area (Å²) in [4.78, 5) is 13.4. The number of hydrogen-bond acceptors (Lipinski definition) is 3. The van der Waals surface area contributed by atoms with Gasteiger partial charge in [-0.15, -0.1) is 0 Å². The van der Waals surface area contributed by atoms with Crippen LogP contribution < -0.4 is 10.6 Å². The van der Waals surface area contributed by atoms with Crippen LogP contribution in [0.4, 0.5) is 5.69 Å². The molecule has 1 saturated heterocycles. The molecule has 1 fully saturated rings. The molecule has 1 aromatic carbocycles. The molecule has 0 aliphatic carbocycles. The molecule has 1 aliphatic rings. The van der Waals surface area contributed by atoms with E-state index in [1.807, 2.05) is 24.3 Å². The molecular weight excluding hydrogens is 202 g/mol. The third-order valence-corrected chi connectivity index (χ3v) is 2.78. The van der Waals surface area contributed by atoms with Gasteiger partial charge in [-0.05, 0) is 24.1 Å². The number of carbonyl (C=O) groups excluding carboxylic acids is 1. The van der Waals surface area contributed by atoms with Crippen LogP contribution in [-0.4, -0.2) is 18.5 Å². The minimum Gasteiger partial charge on any atom is -0.320 e. The fourth-order valence-electron chi connectivity index (χ4n) is 1.84. The minimum absolute atomic E-state index is 0.0203. The molecule has 4 heteroatoms. The van der Waals surface area contributed by atoms with Gasteiger partial charge in [0.25, 0.3) is 0 Å². The van der Waals surface area contributed by atoms with Crippen LogP contribution in [0, 0.1) is 11.3 Å². The van der Waals surface area contributed by atoms with E-state index in [0.29, 0.717) is 19.4 Å². The Kier molecular flexibility index (Phi) is 2.88. The molecule has 0 aromatic heterocycles. The summed E-state index contributed by atoms with van der Waals surface area (Å²) in [5.41, 5.74) is 7.47. The number of hydrogen-bond donors (Lipinski definition) is 1. The highest BCUT2D eigenvalue weighted by atomic mass is 16.2. The molecule has 1 heterocycles. The highest BCUT2D eigenvalue weighted by Crippen LogP contribution is 2.21. The lowest BCUT2D eigenvalue weighted by Crippen LogP contribution is -2.33. The third-order valence-electron chi connectivity index (χ3n) is 2.78. The van der Waals surface area contributed by atoms with Crippen molar-refractivity contribution >= 4 is 11.6 Å². The fraction of sp³-hybridized carbons (Fsp3) is 0.333. The summed E-state index contributed by atoms with van der Waals surface area (Å²) >= 11 is 0. The van der Waals surface area contributed by atoms with Crippen LogP contribution >= 0.6 is 0 Å². The zero-order valence-electron chi connectivity index (χ0n) is 8.89. The van der Waals surface area contributed by atoms with Gasteiger partial charge in [0.1, 0.15) is 0 Å². The first-order valence-electron chi connectivity index (χ1n) is 5.25. The molecular formula is C12H13N3O. The molecule has 0 spiro atoms. The van der Waals surface area contributed by atoms with E-state index in [0.717, 1.165) is 11.3 Å². The van der Waals surface area contributed by atoms with E-state index in [9.17, 15) is 4.79 Å². The van der Waals surface area contributed by atoms with Gasteiger partial charge in [-0.2, -0.15) is 5.26 Å². The van der Waals surface area contributed by atoms with Crippen LogP contribution in [0.5, 0.6) is 0 Å². The predicted molar refractivity (Wildman–Crippen MR) is 60.7 cm³/mol. The molecule has 82 valence electrons. The standard InChI is InChI=1S/C12H13N3O/c13-7-5-9-1-3-10(4-2-9)15-8-6-11(14)12(15)16/h1-4,11H,5-6,8,14H2. The van der Waals surface area contributed by atoms with Crippen LogP contribution in [0.3, 0.4) is 0 Å². The molecule has 1 unspecified atom stereocenters. The Balaban J connectivity index is 2.17. The van der Waals surface area contributed by atoms with Crippen LogP contribution in [0.2, 0.25) is 0 Å². The second kappa shape index (κ2) is 4.33. The van der Waals surface area contributed by atoms with Gasteiger partial charge in [-0.25, -0.2) is 0 Å². The summed E-state index contributed by atoms with van der Waals surface area (Å²) in [6.07, 6.45) is 1.10. The highest BCUT2D eigenvalue weighted by molar-refractivity contribution is 5.99. The minimum atomic E-state index is -0.362. The van der Waals surface area contributed by atoms with Gasteiger partial charge in [0.2, 0.25) is 5.91 Å². The molecule has 1 amide bonds. The molecule has 0 saturated carbocycles. The number of anilines is 1. The van der Waals surface area contributed by atoms with Crippen molar-refractivity contribution in [3.8, 4) is 6.07 Å². The van der Waals surface area contributed by atoms with E-state index in [4.69, 9.17) is 11.0 Å². The van der Waals surface area contributed by atoms with Gasteiger partial charge < -0.3 is 10.6 Å². The Morgan fingerprint density at radius 3 is 2.62 bits per heavy atom. The number of carbonyl (C=O) groups is 1. The molecule has 4 nitrogen and oxygen atoms in total. The number of amides is 1. The zero-order chi connectivity index (χ0) is 11.5. The maximum absolute atomic E-state index is 11.7. The topological polar surface area (TPSA) is 70.1 Å². The van der Waals surface area contributed by atoms with Crippen LogP contribution in [0.25, 0.3) is 0 Å². The monoisotopic (exact) mass is 215 g/mol. The lowest BCUT2D eigenvalue weighted by molar-refractivity contribution is -0.118. The number of rotatable bonds is 2. The van der Waals surface area contributed by atoms with Gasteiger partial charge in [-0.3, -0.25) is 4.79 Å². The Bertz CT molecular complexity index is 433. The Hall–Kier alpha value is -1.86. The fourth-order valence-corrected chi connectivity index (χ4v) is 1.84. The van der Waals surface area contributed by atoms with Crippen molar-refractivity contribution < 1.29 is 4.79 Å². The van der Waals surface area contributed by atoms with E-state index in [2.05, 4.69) is 6.07 Å². The molecule has 16 heavy (non-hydrogen) atoms. The summed E-state index contributed by atoms with van der Waals surface area (Å²) in [6, 6.07) is 9.19. The largest absolute Gasteiger partial charge is 0.320 e. The van der Waals surface area contributed by atoms with Crippen molar-refractivity contribution in [2.24, 2.45) is 5.73 Å². The van der Waals surface area contributed by atoms with Crippen molar-refractivity contribution in [1.29, 1.82) is 5.26 Å². The number of nitrogens with zero attached hydrogens (tertiary/aromatic N) is 2. The second-order valence-corrected chi connectivity index (χ2v) is 3.89. The van der Waals surface area contributed by atoms with Crippen molar-refractivity contribution in [3.63, 3.8) is 0 Å². The van der Waals surface area contributed by atoms with E-state index < -0.39 is 0 Å². The average molecular weight is 215 g/mol. The van der Waals surface area contributed by atoms with Crippen LogP contribution in [0.1, 0.15) is 12.0 Å². The average Bonchev–Trinajstić information content (AvgIpc) is 2.62. The van der Waals surface area contributed by atoms with Gasteiger partial charge >= 0.3 is 0 Å². The maximum atomic E-state index is 11.7. The van der Waals surface area contributed by atoms with Crippen molar-refractivity contribution in [3.05, 3.63) is 29.8 Å². The Labute approximate surface area is 94.3 Å². The molecule has 1 atom stereocenters. The third kappa shape index (κ3) is 1.90. The number of nitriles is 1. The molecule has 2 rings (SSSR count). The lowest BCUT2D eigenvalue weighted by Gasteiger charge is -2.16. The van der Waals surface area contributed by atoms with Crippen molar-refractivity contribution in [2.75, 3.05) is 11.4 Å². The molecule has 1 aliphatic heterocycles. The van der Waals surface area contributed by atoms with E-state index in [1.165, 1.54) is 0 Å². The predicted octanol–water partition coefficient (Wildman–Crippen LogP) is 0.817. The number of benzene rings is 1. The van der Waals surface area contributed by atoms with E-state index >= 15 is 0 Å². The SMILES string of the molecule is N#CCc1ccc(N2CCC(N)C2=O)cc1. The van der Waals surface area contributed by atoms with Gasteiger partial charge in [0.05, 0.1) is 18.5 Å². The Morgan fingerprint density at radius 1 is 1.44 bits per heavy atom. The number of nitrogens with two attached hydrogens (primary N) is 1. The van der Waals surface area contributed by atoms with Crippen LogP contribution in [-0.2, 0) is 11.2 Å². The van der Waals surface area contributed by atoms with E-state index in [-0.39, 0.29) is 11.9 Å².